The Kier molecular flexibility index (Phi) is 5.88. The van der Waals surface area contributed by atoms with E-state index in [2.05, 4.69) is 16.9 Å². The molecule has 2 aromatic rings. The van der Waals surface area contributed by atoms with Crippen LogP contribution < -0.4 is 10.5 Å². The van der Waals surface area contributed by atoms with Gasteiger partial charge in [0.2, 0.25) is 0 Å². The lowest BCUT2D eigenvalue weighted by Gasteiger charge is -2.45. The lowest BCUT2D eigenvalue weighted by molar-refractivity contribution is 0.0622. The van der Waals surface area contributed by atoms with Crippen LogP contribution in [0.25, 0.3) is 11.3 Å². The molecule has 3 rings (SSSR count). The molecule has 28 heavy (non-hydrogen) atoms. The second-order valence-corrected chi connectivity index (χ2v) is 7.61. The summed E-state index contributed by atoms with van der Waals surface area (Å²) >= 11 is 0. The number of halogens is 4. The molecule has 8 heteroatoms. The smallest absolute Gasteiger partial charge is 0.284 e. The number of hydrogen-bond acceptors (Lipinski definition) is 4. The van der Waals surface area contributed by atoms with Crippen LogP contribution in [0.5, 0.6) is 5.75 Å². The average Bonchev–Trinajstić information content (AvgIpc) is 2.64. The molecule has 4 nitrogen and oxygen atoms in total. The molecule has 2 N–H and O–H groups in total. The first-order valence-corrected chi connectivity index (χ1v) is 9.14. The van der Waals surface area contributed by atoms with Crippen molar-refractivity contribution in [2.75, 3.05) is 6.61 Å². The minimum Gasteiger partial charge on any atom is -0.490 e. The fourth-order valence-electron chi connectivity index (χ4n) is 3.61. The Morgan fingerprint density at radius 3 is 2.50 bits per heavy atom. The predicted octanol–water partition coefficient (Wildman–Crippen LogP) is 5.16. The summed E-state index contributed by atoms with van der Waals surface area (Å²) in [5.74, 6) is 0.703. The molecule has 0 bridgehead atoms. The molecule has 0 radical (unpaired) electrons. The maximum atomic E-state index is 13.5. The first-order valence-electron chi connectivity index (χ1n) is 9.14. The zero-order chi connectivity index (χ0) is 20.5. The third-order valence-electron chi connectivity index (χ3n) is 5.40. The minimum atomic E-state index is -2.88. The van der Waals surface area contributed by atoms with Crippen LogP contribution in [0.2, 0.25) is 0 Å². The van der Waals surface area contributed by atoms with Crippen LogP contribution >= 0.6 is 0 Å². The zero-order valence-electron chi connectivity index (χ0n) is 15.7. The van der Waals surface area contributed by atoms with Crippen molar-refractivity contribution in [3.8, 4) is 17.0 Å². The van der Waals surface area contributed by atoms with E-state index in [1.54, 1.807) is 0 Å². The molecular weight excluding hydrogens is 374 g/mol. The van der Waals surface area contributed by atoms with Crippen molar-refractivity contribution in [1.82, 2.24) is 9.97 Å². The van der Waals surface area contributed by atoms with Gasteiger partial charge in [0.05, 0.1) is 11.2 Å². The Labute approximate surface area is 161 Å². The van der Waals surface area contributed by atoms with E-state index in [1.165, 1.54) is 24.4 Å². The largest absolute Gasteiger partial charge is 0.490 e. The lowest BCUT2D eigenvalue weighted by Crippen LogP contribution is -2.54. The number of ether oxygens (including phenoxy) is 1. The average molecular weight is 397 g/mol. The van der Waals surface area contributed by atoms with Crippen LogP contribution in [0, 0.1) is 11.8 Å². The maximum absolute atomic E-state index is 13.5. The van der Waals surface area contributed by atoms with Gasteiger partial charge >= 0.3 is 0 Å². The van der Waals surface area contributed by atoms with Gasteiger partial charge in [-0.15, -0.1) is 0 Å². The molecule has 152 valence electrons. The number of pyridine rings is 2. The Morgan fingerprint density at radius 1 is 1.18 bits per heavy atom. The Hall–Kier alpha value is -2.22. The molecule has 1 aliphatic carbocycles. The van der Waals surface area contributed by atoms with E-state index in [1.807, 2.05) is 6.92 Å². The van der Waals surface area contributed by atoms with Crippen molar-refractivity contribution >= 4 is 0 Å². The second kappa shape index (κ2) is 8.03. The number of nitrogens with zero attached hydrogens (tertiary/aromatic N) is 2. The van der Waals surface area contributed by atoms with Crippen molar-refractivity contribution in [3.05, 3.63) is 41.9 Å². The highest BCUT2D eigenvalue weighted by Crippen LogP contribution is 2.41. The van der Waals surface area contributed by atoms with Crippen molar-refractivity contribution in [1.29, 1.82) is 0 Å². The molecule has 0 saturated heterocycles. The topological polar surface area (TPSA) is 61.0 Å². The first-order chi connectivity index (χ1) is 13.2. The number of rotatable bonds is 7. The molecule has 1 fully saturated rings. The number of alkyl halides is 4. The van der Waals surface area contributed by atoms with E-state index in [4.69, 9.17) is 10.5 Å². The highest BCUT2D eigenvalue weighted by atomic mass is 19.3. The fraction of sp³-hybridized carbons (Fsp3) is 0.500. The number of hydrogen-bond donors (Lipinski definition) is 1. The molecule has 2 heterocycles. The van der Waals surface area contributed by atoms with E-state index >= 15 is 0 Å². The normalized spacial score (nSPS) is 21.5. The van der Waals surface area contributed by atoms with E-state index in [0.717, 1.165) is 18.9 Å². The van der Waals surface area contributed by atoms with E-state index < -0.39 is 29.8 Å². The molecule has 2 aromatic heterocycles. The van der Waals surface area contributed by atoms with Crippen LogP contribution in [-0.4, -0.2) is 22.1 Å². The molecule has 1 aliphatic rings. The second-order valence-electron chi connectivity index (χ2n) is 7.61. The summed E-state index contributed by atoms with van der Waals surface area (Å²) in [6.45, 7) is 4.07. The summed E-state index contributed by atoms with van der Waals surface area (Å²) in [5.41, 5.74) is 5.17. The van der Waals surface area contributed by atoms with Gasteiger partial charge in [0.15, 0.2) is 0 Å². The molecule has 0 aromatic carbocycles. The SMILES string of the molecule is CC1CCC1C(C)(N)COc1ccc(-c2ccnc(C(F)F)c2)nc1C(F)F. The third-order valence-corrected chi connectivity index (χ3v) is 5.40. The van der Waals surface area contributed by atoms with Crippen LogP contribution in [0.4, 0.5) is 17.6 Å². The molecular formula is C20H23F4N3O. The summed E-state index contributed by atoms with van der Waals surface area (Å²) in [6.07, 6.45) is -2.34. The summed E-state index contributed by atoms with van der Waals surface area (Å²) in [7, 11) is 0. The maximum Gasteiger partial charge on any atom is 0.284 e. The molecule has 1 saturated carbocycles. The van der Waals surface area contributed by atoms with Crippen LogP contribution in [0.3, 0.4) is 0 Å². The van der Waals surface area contributed by atoms with Gasteiger partial charge in [0.25, 0.3) is 12.9 Å². The van der Waals surface area contributed by atoms with Gasteiger partial charge in [-0.05, 0) is 49.4 Å². The van der Waals surface area contributed by atoms with E-state index in [-0.39, 0.29) is 29.5 Å². The summed E-state index contributed by atoms with van der Waals surface area (Å²) in [6, 6.07) is 5.43. The minimum absolute atomic E-state index is 0.0504. The Balaban J connectivity index is 1.82. The lowest BCUT2D eigenvalue weighted by atomic mass is 9.65. The first kappa shape index (κ1) is 20.5. The molecule has 0 amide bonds. The molecule has 0 spiro atoms. The molecule has 0 aliphatic heterocycles. The van der Waals surface area contributed by atoms with Crippen molar-refractivity contribution in [2.24, 2.45) is 17.6 Å². The zero-order valence-corrected chi connectivity index (χ0v) is 15.7. The molecule has 3 unspecified atom stereocenters. The van der Waals surface area contributed by atoms with Gasteiger partial charge in [0, 0.05) is 11.8 Å². The van der Waals surface area contributed by atoms with Gasteiger partial charge in [-0.25, -0.2) is 22.5 Å². The highest BCUT2D eigenvalue weighted by molar-refractivity contribution is 5.60. The monoisotopic (exact) mass is 397 g/mol. The standard InChI is InChI=1S/C20H23F4N3O/c1-11-3-4-13(11)20(2,25)10-28-16-6-5-14(27-17(16)19(23)24)12-7-8-26-15(9-12)18(21)22/h5-9,11,13,18-19H,3-4,10,25H2,1-2H3. The number of aromatic nitrogens is 2. The van der Waals surface area contributed by atoms with Gasteiger partial charge < -0.3 is 10.5 Å². The van der Waals surface area contributed by atoms with Crippen LogP contribution in [-0.2, 0) is 0 Å². The van der Waals surface area contributed by atoms with Gasteiger partial charge in [-0.1, -0.05) is 13.3 Å². The fourth-order valence-corrected chi connectivity index (χ4v) is 3.61. The Morgan fingerprint density at radius 2 is 1.93 bits per heavy atom. The Bertz CT molecular complexity index is 829. The summed E-state index contributed by atoms with van der Waals surface area (Å²) in [5, 5.41) is 0. The quantitative estimate of drug-likeness (QED) is 0.656. The van der Waals surface area contributed by atoms with E-state index in [0.29, 0.717) is 5.92 Å². The summed E-state index contributed by atoms with van der Waals surface area (Å²) in [4.78, 5) is 7.52. The molecule has 3 atom stereocenters. The van der Waals surface area contributed by atoms with Gasteiger partial charge in [-0.3, -0.25) is 4.98 Å². The van der Waals surface area contributed by atoms with Gasteiger partial charge in [-0.2, -0.15) is 0 Å². The van der Waals surface area contributed by atoms with E-state index in [9.17, 15) is 17.6 Å². The number of nitrogens with two attached hydrogens (primary N) is 1. The van der Waals surface area contributed by atoms with Crippen molar-refractivity contribution in [3.63, 3.8) is 0 Å². The van der Waals surface area contributed by atoms with Crippen molar-refractivity contribution in [2.45, 2.75) is 45.1 Å². The van der Waals surface area contributed by atoms with Crippen LogP contribution in [0.15, 0.2) is 30.5 Å². The highest BCUT2D eigenvalue weighted by Gasteiger charge is 2.40. The van der Waals surface area contributed by atoms with Crippen molar-refractivity contribution < 1.29 is 22.3 Å². The summed E-state index contributed by atoms with van der Waals surface area (Å²) < 4.78 is 58.4. The third kappa shape index (κ3) is 4.27. The van der Waals surface area contributed by atoms with Gasteiger partial charge in [0.1, 0.15) is 23.7 Å². The van der Waals surface area contributed by atoms with Crippen LogP contribution in [0.1, 0.15) is 50.9 Å². The predicted molar refractivity (Wildman–Crippen MR) is 97.4 cm³/mol.